The van der Waals surface area contributed by atoms with Gasteiger partial charge in [0.25, 0.3) is 0 Å². The number of aryl methyl sites for hydroxylation is 1. The summed E-state index contributed by atoms with van der Waals surface area (Å²) in [5.74, 6) is 0.0220. The Morgan fingerprint density at radius 2 is 2.31 bits per heavy atom. The van der Waals surface area contributed by atoms with E-state index in [1.54, 1.807) is 0 Å². The van der Waals surface area contributed by atoms with E-state index in [1.807, 2.05) is 28.8 Å². The van der Waals surface area contributed by atoms with Crippen molar-refractivity contribution in [2.24, 2.45) is 0 Å². The lowest BCUT2D eigenvalue weighted by Crippen LogP contribution is -1.99. The average molecular weight is 239 g/mol. The van der Waals surface area contributed by atoms with Gasteiger partial charge in [0.2, 0.25) is 0 Å². The number of carbonyl (C=O) groups is 1. The van der Waals surface area contributed by atoms with Gasteiger partial charge in [-0.15, -0.1) is 0 Å². The van der Waals surface area contributed by atoms with Crippen LogP contribution in [0.5, 0.6) is 0 Å². The highest BCUT2D eigenvalue weighted by atomic mass is 35.5. The fraction of sp³-hybridized carbons (Fsp3) is 0.273. The maximum atomic E-state index is 10.4. The number of hydrogen-bond donors (Lipinski definition) is 1. The molecule has 2 aromatic rings. The Kier molecular flexibility index (Phi) is 3.10. The van der Waals surface area contributed by atoms with Crippen molar-refractivity contribution in [1.29, 1.82) is 0 Å². The van der Waals surface area contributed by atoms with E-state index in [2.05, 4.69) is 4.98 Å². The van der Waals surface area contributed by atoms with E-state index >= 15 is 0 Å². The second-order valence-corrected chi connectivity index (χ2v) is 3.88. The summed E-state index contributed by atoms with van der Waals surface area (Å²) in [6, 6.07) is 5.67. The zero-order valence-corrected chi connectivity index (χ0v) is 9.31. The van der Waals surface area contributed by atoms with Crippen molar-refractivity contribution >= 4 is 23.1 Å². The molecule has 2 aromatic heterocycles. The highest BCUT2D eigenvalue weighted by molar-refractivity contribution is 6.32. The molecular formula is C11H11ClN2O2. The molecule has 4 nitrogen and oxygen atoms in total. The molecule has 5 heteroatoms. The molecule has 0 aromatic carbocycles. The quantitative estimate of drug-likeness (QED) is 0.890. The number of carboxylic acid groups (broad SMARTS) is 1. The van der Waals surface area contributed by atoms with E-state index in [1.165, 1.54) is 0 Å². The van der Waals surface area contributed by atoms with Crippen LogP contribution >= 0.6 is 11.6 Å². The van der Waals surface area contributed by atoms with E-state index in [0.717, 1.165) is 11.3 Å². The lowest BCUT2D eigenvalue weighted by atomic mass is 10.2. The highest BCUT2D eigenvalue weighted by Gasteiger charge is 2.08. The lowest BCUT2D eigenvalue weighted by molar-refractivity contribution is -0.137. The molecule has 0 saturated carbocycles. The van der Waals surface area contributed by atoms with Crippen molar-refractivity contribution < 1.29 is 9.90 Å². The molecule has 0 aliphatic rings. The highest BCUT2D eigenvalue weighted by Crippen LogP contribution is 2.18. The third-order valence-corrected chi connectivity index (χ3v) is 2.65. The maximum Gasteiger partial charge on any atom is 0.303 e. The summed E-state index contributed by atoms with van der Waals surface area (Å²) in [4.78, 5) is 14.6. The SMILES string of the molecule is O=C(O)CCCc1nc(Cl)c2ccccn12. The Hall–Kier alpha value is -1.55. The summed E-state index contributed by atoms with van der Waals surface area (Å²) in [5.41, 5.74) is 0.856. The Labute approximate surface area is 97.5 Å². The number of hydrogen-bond acceptors (Lipinski definition) is 2. The molecule has 0 aliphatic carbocycles. The van der Waals surface area contributed by atoms with Crippen LogP contribution in [0.2, 0.25) is 5.15 Å². The number of halogens is 1. The minimum absolute atomic E-state index is 0.152. The first-order chi connectivity index (χ1) is 7.68. The van der Waals surface area contributed by atoms with Crippen LogP contribution in [0.1, 0.15) is 18.7 Å². The van der Waals surface area contributed by atoms with E-state index in [9.17, 15) is 4.79 Å². The van der Waals surface area contributed by atoms with E-state index in [-0.39, 0.29) is 6.42 Å². The predicted octanol–water partition coefficient (Wildman–Crippen LogP) is 2.40. The molecule has 0 unspecified atom stereocenters. The van der Waals surface area contributed by atoms with Gasteiger partial charge in [-0.1, -0.05) is 17.7 Å². The minimum atomic E-state index is -0.785. The minimum Gasteiger partial charge on any atom is -0.481 e. The van der Waals surface area contributed by atoms with Crippen LogP contribution in [0, 0.1) is 0 Å². The van der Waals surface area contributed by atoms with Crippen molar-refractivity contribution in [3.8, 4) is 0 Å². The lowest BCUT2D eigenvalue weighted by Gasteiger charge is -1.98. The van der Waals surface area contributed by atoms with Crippen molar-refractivity contribution in [2.75, 3.05) is 0 Å². The van der Waals surface area contributed by atoms with Crippen LogP contribution in [0.25, 0.3) is 5.52 Å². The summed E-state index contributed by atoms with van der Waals surface area (Å²) < 4.78 is 1.89. The molecule has 0 spiro atoms. The predicted molar refractivity (Wildman–Crippen MR) is 60.8 cm³/mol. The van der Waals surface area contributed by atoms with Gasteiger partial charge >= 0.3 is 5.97 Å². The van der Waals surface area contributed by atoms with Gasteiger partial charge in [0.15, 0.2) is 5.15 Å². The zero-order valence-electron chi connectivity index (χ0n) is 8.56. The molecule has 0 fully saturated rings. The summed E-state index contributed by atoms with van der Waals surface area (Å²) in [6.07, 6.45) is 3.22. The molecular weight excluding hydrogens is 228 g/mol. The smallest absolute Gasteiger partial charge is 0.303 e. The van der Waals surface area contributed by atoms with Gasteiger partial charge in [-0.3, -0.25) is 4.79 Å². The van der Waals surface area contributed by atoms with Crippen molar-refractivity contribution in [1.82, 2.24) is 9.38 Å². The average Bonchev–Trinajstić information content (AvgIpc) is 2.57. The zero-order chi connectivity index (χ0) is 11.5. The molecule has 0 bridgehead atoms. The molecule has 0 saturated heterocycles. The molecule has 2 rings (SSSR count). The number of imidazole rings is 1. The van der Waals surface area contributed by atoms with Gasteiger partial charge in [-0.2, -0.15) is 0 Å². The van der Waals surface area contributed by atoms with Gasteiger partial charge in [-0.05, 0) is 18.6 Å². The maximum absolute atomic E-state index is 10.4. The number of rotatable bonds is 4. The van der Waals surface area contributed by atoms with E-state index in [4.69, 9.17) is 16.7 Å². The Morgan fingerprint density at radius 1 is 1.50 bits per heavy atom. The molecule has 1 N–H and O–H groups in total. The molecule has 0 aliphatic heterocycles. The summed E-state index contributed by atoms with van der Waals surface area (Å²) in [6.45, 7) is 0. The Morgan fingerprint density at radius 3 is 3.06 bits per heavy atom. The standard InChI is InChI=1S/C11H11ClN2O2/c12-11-8-4-1-2-7-14(8)9(13-11)5-3-6-10(15)16/h1-2,4,7H,3,5-6H2,(H,15,16). The van der Waals surface area contributed by atoms with Gasteiger partial charge in [0.1, 0.15) is 5.82 Å². The van der Waals surface area contributed by atoms with Crippen molar-refractivity contribution in [3.05, 3.63) is 35.4 Å². The van der Waals surface area contributed by atoms with Crippen LogP contribution in [0.3, 0.4) is 0 Å². The van der Waals surface area contributed by atoms with Gasteiger partial charge < -0.3 is 9.51 Å². The number of carboxylic acids is 1. The normalized spacial score (nSPS) is 10.8. The summed E-state index contributed by atoms with van der Waals surface area (Å²) in [7, 11) is 0. The third-order valence-electron chi connectivity index (χ3n) is 2.37. The van der Waals surface area contributed by atoms with Crippen LogP contribution < -0.4 is 0 Å². The first kappa shape index (κ1) is 11.0. The fourth-order valence-corrected chi connectivity index (χ4v) is 1.89. The molecule has 0 amide bonds. The molecule has 84 valence electrons. The Bertz CT molecular complexity index is 522. The first-order valence-corrected chi connectivity index (χ1v) is 5.39. The largest absolute Gasteiger partial charge is 0.481 e. The molecule has 0 atom stereocenters. The molecule has 0 radical (unpaired) electrons. The summed E-state index contributed by atoms with van der Waals surface area (Å²) in [5, 5.41) is 9.02. The monoisotopic (exact) mass is 238 g/mol. The van der Waals surface area contributed by atoms with Crippen molar-refractivity contribution in [3.63, 3.8) is 0 Å². The van der Waals surface area contributed by atoms with Gasteiger partial charge in [0.05, 0.1) is 5.52 Å². The van der Waals surface area contributed by atoms with Crippen LogP contribution in [0.15, 0.2) is 24.4 Å². The van der Waals surface area contributed by atoms with Crippen LogP contribution in [0.4, 0.5) is 0 Å². The van der Waals surface area contributed by atoms with E-state index in [0.29, 0.717) is 18.0 Å². The topological polar surface area (TPSA) is 54.6 Å². The number of fused-ring (bicyclic) bond motifs is 1. The molecule has 16 heavy (non-hydrogen) atoms. The number of aliphatic carboxylic acids is 1. The number of nitrogens with zero attached hydrogens (tertiary/aromatic N) is 2. The number of aromatic nitrogens is 2. The van der Waals surface area contributed by atoms with Gasteiger partial charge in [-0.25, -0.2) is 4.98 Å². The first-order valence-electron chi connectivity index (χ1n) is 5.02. The van der Waals surface area contributed by atoms with E-state index < -0.39 is 5.97 Å². The van der Waals surface area contributed by atoms with Crippen LogP contribution in [-0.4, -0.2) is 20.5 Å². The van der Waals surface area contributed by atoms with Crippen LogP contribution in [-0.2, 0) is 11.2 Å². The fourth-order valence-electron chi connectivity index (χ4n) is 1.63. The third kappa shape index (κ3) is 2.17. The molecule has 2 heterocycles. The number of pyridine rings is 1. The summed E-state index contributed by atoms with van der Waals surface area (Å²) >= 11 is 5.97. The van der Waals surface area contributed by atoms with Gasteiger partial charge in [0, 0.05) is 19.0 Å². The van der Waals surface area contributed by atoms with Crippen molar-refractivity contribution in [2.45, 2.75) is 19.3 Å². The second kappa shape index (κ2) is 4.53. The second-order valence-electron chi connectivity index (χ2n) is 3.52. The Balaban J connectivity index is 2.21.